The largest absolute Gasteiger partial charge is 0.425 e. The molecule has 0 fully saturated rings. The SMILES string of the molecule is CCn1c(Oc2ccc(F)cc2)nc(Br)c1C(C)=O. The van der Waals surface area contributed by atoms with Gasteiger partial charge in [0.2, 0.25) is 0 Å². The summed E-state index contributed by atoms with van der Waals surface area (Å²) in [5, 5.41) is 0. The zero-order chi connectivity index (χ0) is 14.0. The predicted octanol–water partition coefficient (Wildman–Crippen LogP) is 3.80. The van der Waals surface area contributed by atoms with Crippen LogP contribution in [0.25, 0.3) is 0 Å². The van der Waals surface area contributed by atoms with Crippen molar-refractivity contribution >= 4 is 21.7 Å². The molecular formula is C13H12BrFN2O2. The monoisotopic (exact) mass is 326 g/mol. The fourth-order valence-corrected chi connectivity index (χ4v) is 2.36. The van der Waals surface area contributed by atoms with Gasteiger partial charge in [0.05, 0.1) is 0 Å². The van der Waals surface area contributed by atoms with Gasteiger partial charge in [-0.1, -0.05) is 0 Å². The molecule has 1 aromatic heterocycles. The molecule has 0 aliphatic heterocycles. The Hall–Kier alpha value is -1.69. The number of halogens is 2. The van der Waals surface area contributed by atoms with E-state index in [1.54, 1.807) is 4.57 Å². The third kappa shape index (κ3) is 2.84. The van der Waals surface area contributed by atoms with E-state index in [0.717, 1.165) is 0 Å². The van der Waals surface area contributed by atoms with Crippen molar-refractivity contribution in [2.45, 2.75) is 20.4 Å². The Kier molecular flexibility index (Phi) is 3.99. The van der Waals surface area contributed by atoms with E-state index in [2.05, 4.69) is 20.9 Å². The maximum absolute atomic E-state index is 12.8. The fraction of sp³-hybridized carbons (Fsp3) is 0.231. The first-order valence-electron chi connectivity index (χ1n) is 5.73. The van der Waals surface area contributed by atoms with Crippen LogP contribution in [0.4, 0.5) is 4.39 Å². The van der Waals surface area contributed by atoms with Gasteiger partial charge < -0.3 is 4.74 Å². The lowest BCUT2D eigenvalue weighted by Gasteiger charge is -2.08. The van der Waals surface area contributed by atoms with Gasteiger partial charge in [-0.25, -0.2) is 4.39 Å². The molecule has 4 nitrogen and oxygen atoms in total. The number of aromatic nitrogens is 2. The summed E-state index contributed by atoms with van der Waals surface area (Å²) in [6.07, 6.45) is 0. The highest BCUT2D eigenvalue weighted by atomic mass is 79.9. The Bertz CT molecular complexity index is 608. The van der Waals surface area contributed by atoms with Crippen molar-refractivity contribution in [2.24, 2.45) is 0 Å². The van der Waals surface area contributed by atoms with Crippen LogP contribution in [0.1, 0.15) is 24.3 Å². The van der Waals surface area contributed by atoms with Crippen LogP contribution in [0.5, 0.6) is 11.8 Å². The smallest absolute Gasteiger partial charge is 0.303 e. The summed E-state index contributed by atoms with van der Waals surface area (Å²) in [6.45, 7) is 3.90. The number of nitrogens with zero attached hydrogens (tertiary/aromatic N) is 2. The molecular weight excluding hydrogens is 315 g/mol. The van der Waals surface area contributed by atoms with Crippen molar-refractivity contribution in [1.29, 1.82) is 0 Å². The zero-order valence-corrected chi connectivity index (χ0v) is 12.1. The van der Waals surface area contributed by atoms with Crippen LogP contribution in [0.3, 0.4) is 0 Å². The van der Waals surface area contributed by atoms with Crippen LogP contribution >= 0.6 is 15.9 Å². The average Bonchev–Trinajstić information content (AvgIpc) is 2.68. The summed E-state index contributed by atoms with van der Waals surface area (Å²) in [5.41, 5.74) is 0.458. The first kappa shape index (κ1) is 13.7. The lowest BCUT2D eigenvalue weighted by Crippen LogP contribution is -2.06. The van der Waals surface area contributed by atoms with Gasteiger partial charge in [0, 0.05) is 13.5 Å². The van der Waals surface area contributed by atoms with Gasteiger partial charge in [-0.05, 0) is 47.1 Å². The molecule has 0 unspecified atom stereocenters. The molecule has 1 heterocycles. The van der Waals surface area contributed by atoms with Crippen LogP contribution in [0.2, 0.25) is 0 Å². The third-order valence-corrected chi connectivity index (χ3v) is 3.12. The summed E-state index contributed by atoms with van der Waals surface area (Å²) >= 11 is 3.24. The first-order chi connectivity index (χ1) is 9.02. The van der Waals surface area contributed by atoms with Gasteiger partial charge >= 0.3 is 6.01 Å². The van der Waals surface area contributed by atoms with E-state index in [4.69, 9.17) is 4.74 Å². The van der Waals surface area contributed by atoms with E-state index in [-0.39, 0.29) is 11.6 Å². The molecule has 0 saturated heterocycles. The van der Waals surface area contributed by atoms with Gasteiger partial charge in [0.15, 0.2) is 5.78 Å². The van der Waals surface area contributed by atoms with E-state index >= 15 is 0 Å². The molecule has 0 saturated carbocycles. The highest BCUT2D eigenvalue weighted by Gasteiger charge is 2.19. The molecule has 19 heavy (non-hydrogen) atoms. The molecule has 0 N–H and O–H groups in total. The summed E-state index contributed by atoms with van der Waals surface area (Å²) in [5.74, 6) is 0.0238. The number of carbonyl (C=O) groups is 1. The number of ether oxygens (including phenoxy) is 1. The highest BCUT2D eigenvalue weighted by Crippen LogP contribution is 2.27. The highest BCUT2D eigenvalue weighted by molar-refractivity contribution is 9.10. The van der Waals surface area contributed by atoms with E-state index in [1.807, 2.05) is 6.92 Å². The van der Waals surface area contributed by atoms with Crippen LogP contribution < -0.4 is 4.74 Å². The summed E-state index contributed by atoms with van der Waals surface area (Å²) in [6, 6.07) is 5.91. The second-order valence-electron chi connectivity index (χ2n) is 3.89. The molecule has 0 aliphatic carbocycles. The van der Waals surface area contributed by atoms with Crippen molar-refractivity contribution in [3.63, 3.8) is 0 Å². The van der Waals surface area contributed by atoms with E-state index < -0.39 is 0 Å². The summed E-state index contributed by atoms with van der Waals surface area (Å²) in [4.78, 5) is 15.7. The molecule has 2 rings (SSSR count). The van der Waals surface area contributed by atoms with E-state index in [1.165, 1.54) is 31.2 Å². The van der Waals surface area contributed by atoms with Crippen molar-refractivity contribution in [2.75, 3.05) is 0 Å². The van der Waals surface area contributed by atoms with Crippen LogP contribution in [0, 0.1) is 5.82 Å². The van der Waals surface area contributed by atoms with Gasteiger partial charge in [-0.15, -0.1) is 0 Å². The average molecular weight is 327 g/mol. The maximum atomic E-state index is 12.8. The minimum Gasteiger partial charge on any atom is -0.425 e. The number of rotatable bonds is 4. The molecule has 0 aliphatic rings. The van der Waals surface area contributed by atoms with Crippen LogP contribution in [-0.4, -0.2) is 15.3 Å². The summed E-state index contributed by atoms with van der Waals surface area (Å²) < 4.78 is 20.5. The Morgan fingerprint density at radius 2 is 2.05 bits per heavy atom. The van der Waals surface area contributed by atoms with Crippen LogP contribution in [-0.2, 0) is 6.54 Å². The number of ketones is 1. The Labute approximate surface area is 118 Å². The van der Waals surface area contributed by atoms with E-state index in [0.29, 0.717) is 28.6 Å². The Morgan fingerprint density at radius 3 is 2.58 bits per heavy atom. The minimum atomic E-state index is -0.336. The number of hydrogen-bond donors (Lipinski definition) is 0. The minimum absolute atomic E-state index is 0.102. The van der Waals surface area contributed by atoms with Crippen molar-refractivity contribution in [1.82, 2.24) is 9.55 Å². The molecule has 0 bridgehead atoms. The second-order valence-corrected chi connectivity index (χ2v) is 4.64. The lowest BCUT2D eigenvalue weighted by atomic mass is 10.3. The lowest BCUT2D eigenvalue weighted by molar-refractivity contribution is 0.100. The van der Waals surface area contributed by atoms with E-state index in [9.17, 15) is 9.18 Å². The molecule has 0 spiro atoms. The first-order valence-corrected chi connectivity index (χ1v) is 6.52. The topological polar surface area (TPSA) is 44.1 Å². The molecule has 6 heteroatoms. The number of imidazole rings is 1. The van der Waals surface area contributed by atoms with Gasteiger partial charge in [-0.2, -0.15) is 4.98 Å². The molecule has 0 atom stereocenters. The normalized spacial score (nSPS) is 10.5. The second kappa shape index (κ2) is 5.52. The molecule has 0 amide bonds. The van der Waals surface area contributed by atoms with Crippen LogP contribution in [0.15, 0.2) is 28.9 Å². The maximum Gasteiger partial charge on any atom is 0.303 e. The number of benzene rings is 1. The zero-order valence-electron chi connectivity index (χ0n) is 10.5. The predicted molar refractivity (Wildman–Crippen MR) is 72.1 cm³/mol. The molecule has 0 radical (unpaired) electrons. The van der Waals surface area contributed by atoms with Crippen molar-refractivity contribution < 1.29 is 13.9 Å². The fourth-order valence-electron chi connectivity index (χ4n) is 1.72. The standard InChI is InChI=1S/C13H12BrFN2O2/c1-3-17-11(8(2)18)12(14)16-13(17)19-10-6-4-9(15)5-7-10/h4-7H,3H2,1-2H3. The molecule has 2 aromatic rings. The number of carbonyl (C=O) groups excluding carboxylic acids is 1. The van der Waals surface area contributed by atoms with Gasteiger partial charge in [-0.3, -0.25) is 9.36 Å². The summed E-state index contributed by atoms with van der Waals surface area (Å²) in [7, 11) is 0. The number of hydrogen-bond acceptors (Lipinski definition) is 3. The molecule has 1 aromatic carbocycles. The van der Waals surface area contributed by atoms with Crippen molar-refractivity contribution in [3.8, 4) is 11.8 Å². The van der Waals surface area contributed by atoms with Gasteiger partial charge in [0.1, 0.15) is 21.9 Å². The molecule has 100 valence electrons. The quantitative estimate of drug-likeness (QED) is 0.803. The van der Waals surface area contributed by atoms with Gasteiger partial charge in [0.25, 0.3) is 0 Å². The third-order valence-electron chi connectivity index (χ3n) is 2.56. The Balaban J connectivity index is 2.37. The number of Topliss-reactive ketones (excluding diaryl/α,β-unsaturated/α-hetero) is 1. The van der Waals surface area contributed by atoms with Crippen molar-refractivity contribution in [3.05, 3.63) is 40.4 Å². The Morgan fingerprint density at radius 1 is 1.42 bits per heavy atom.